The molecule has 0 amide bonds. The number of hydrogen-bond acceptors (Lipinski definition) is 4. The minimum atomic E-state index is -1.51. The first-order chi connectivity index (χ1) is 11.6. The van der Waals surface area contributed by atoms with Gasteiger partial charge in [-0.1, -0.05) is 12.2 Å². The second-order valence-electron chi connectivity index (χ2n) is 5.88. The van der Waals surface area contributed by atoms with Crippen molar-refractivity contribution in [1.29, 1.82) is 0 Å². The van der Waals surface area contributed by atoms with Crippen LogP contribution in [-0.2, 0) is 18.9 Å². The molecule has 2 saturated heterocycles. The van der Waals surface area contributed by atoms with Crippen molar-refractivity contribution in [3.05, 3.63) is 47.3 Å². The molecule has 2 heterocycles. The first-order valence-electron chi connectivity index (χ1n) is 7.82. The van der Waals surface area contributed by atoms with Gasteiger partial charge in [-0.25, -0.2) is 13.2 Å². The molecular weight excluding hydrogens is 325 g/mol. The molecule has 0 aromatic heterocycles. The molecule has 4 nitrogen and oxygen atoms in total. The summed E-state index contributed by atoms with van der Waals surface area (Å²) in [6.45, 7) is 3.57. The molecule has 2 aliphatic heterocycles. The summed E-state index contributed by atoms with van der Waals surface area (Å²) in [5.41, 5.74) is 0.100. The van der Waals surface area contributed by atoms with Gasteiger partial charge in [0, 0.05) is 11.5 Å². The van der Waals surface area contributed by atoms with Crippen LogP contribution in [0.4, 0.5) is 13.2 Å². The summed E-state index contributed by atoms with van der Waals surface area (Å²) in [5, 5.41) is 0. The largest absolute Gasteiger partial charge is 0.351 e. The summed E-state index contributed by atoms with van der Waals surface area (Å²) >= 11 is 0. The smallest absolute Gasteiger partial charge is 0.194 e. The average Bonchev–Trinajstić information content (AvgIpc) is 2.60. The van der Waals surface area contributed by atoms with Crippen molar-refractivity contribution in [2.75, 3.05) is 26.4 Å². The quantitative estimate of drug-likeness (QED) is 0.623. The lowest BCUT2D eigenvalue weighted by atomic mass is 10.1. The first kappa shape index (κ1) is 17.4. The number of allylic oxidation sites excluding steroid dienone is 1. The molecule has 2 fully saturated rings. The average molecular weight is 344 g/mol. The Morgan fingerprint density at radius 3 is 2.04 bits per heavy atom. The zero-order valence-corrected chi connectivity index (χ0v) is 13.2. The lowest BCUT2D eigenvalue weighted by Gasteiger charge is -2.37. The molecule has 0 N–H and O–H groups in total. The fourth-order valence-corrected chi connectivity index (χ4v) is 2.77. The normalized spacial score (nSPS) is 31.5. The summed E-state index contributed by atoms with van der Waals surface area (Å²) in [4.78, 5) is 0. The Labute approximate surface area is 138 Å². The Balaban J connectivity index is 1.55. The summed E-state index contributed by atoms with van der Waals surface area (Å²) in [5.74, 6) is -3.95. The van der Waals surface area contributed by atoms with Crippen LogP contribution in [0.2, 0.25) is 0 Å². The molecule has 132 valence electrons. The van der Waals surface area contributed by atoms with Gasteiger partial charge in [0.15, 0.2) is 30.0 Å². The van der Waals surface area contributed by atoms with Gasteiger partial charge in [0.2, 0.25) is 0 Å². The van der Waals surface area contributed by atoms with E-state index < -0.39 is 30.0 Å². The number of hydrogen-bond donors (Lipinski definition) is 0. The van der Waals surface area contributed by atoms with Gasteiger partial charge >= 0.3 is 0 Å². The van der Waals surface area contributed by atoms with Crippen molar-refractivity contribution in [3.8, 4) is 0 Å². The molecule has 0 atom stereocenters. The van der Waals surface area contributed by atoms with Crippen LogP contribution in [-0.4, -0.2) is 32.7 Å². The second-order valence-corrected chi connectivity index (χ2v) is 5.88. The van der Waals surface area contributed by atoms with Gasteiger partial charge in [0.1, 0.15) is 0 Å². The van der Waals surface area contributed by atoms with Crippen molar-refractivity contribution in [2.45, 2.75) is 19.5 Å². The van der Waals surface area contributed by atoms with E-state index in [0.29, 0.717) is 13.2 Å². The summed E-state index contributed by atoms with van der Waals surface area (Å²) in [6, 6.07) is 1.75. The molecule has 1 aromatic rings. The molecule has 0 bridgehead atoms. The van der Waals surface area contributed by atoms with E-state index in [1.165, 1.54) is 0 Å². The number of ether oxygens (including phenoxy) is 4. The van der Waals surface area contributed by atoms with Crippen molar-refractivity contribution >= 4 is 0 Å². The van der Waals surface area contributed by atoms with Crippen molar-refractivity contribution in [3.63, 3.8) is 0 Å². The lowest BCUT2D eigenvalue weighted by molar-refractivity contribution is -0.280. The molecule has 3 rings (SSSR count). The fraction of sp³-hybridized carbons (Fsp3) is 0.529. The highest BCUT2D eigenvalue weighted by Gasteiger charge is 2.34. The lowest BCUT2D eigenvalue weighted by Crippen LogP contribution is -2.42. The van der Waals surface area contributed by atoms with Gasteiger partial charge in [0.25, 0.3) is 0 Å². The van der Waals surface area contributed by atoms with Crippen LogP contribution >= 0.6 is 0 Å². The Morgan fingerprint density at radius 2 is 1.50 bits per heavy atom. The van der Waals surface area contributed by atoms with E-state index in [4.69, 9.17) is 18.9 Å². The minimum Gasteiger partial charge on any atom is -0.351 e. The van der Waals surface area contributed by atoms with Crippen LogP contribution < -0.4 is 0 Å². The third kappa shape index (κ3) is 3.80. The van der Waals surface area contributed by atoms with Crippen molar-refractivity contribution in [2.24, 2.45) is 11.8 Å². The van der Waals surface area contributed by atoms with E-state index in [0.717, 1.165) is 12.1 Å². The second kappa shape index (κ2) is 7.65. The Kier molecular flexibility index (Phi) is 5.55. The van der Waals surface area contributed by atoms with Crippen LogP contribution in [0.3, 0.4) is 0 Å². The van der Waals surface area contributed by atoms with Gasteiger partial charge in [-0.2, -0.15) is 0 Å². The Hall–Kier alpha value is -1.41. The molecule has 0 spiro atoms. The Morgan fingerprint density at radius 1 is 0.917 bits per heavy atom. The monoisotopic (exact) mass is 344 g/mol. The van der Waals surface area contributed by atoms with E-state index in [1.807, 2.05) is 19.1 Å². The van der Waals surface area contributed by atoms with E-state index in [-0.39, 0.29) is 30.6 Å². The number of benzene rings is 1. The standard InChI is InChI=1S/C17H19F3O4/c1-2-3-10-6-21-17(22-7-10)12-8-23-16(24-9-12)11-4-13(18)15(20)14(19)5-11/h2-5,10,12,16-17H,6-9H2,1H3. The zero-order chi connectivity index (χ0) is 17.1. The van der Waals surface area contributed by atoms with Crippen LogP contribution in [0.25, 0.3) is 0 Å². The molecule has 0 radical (unpaired) electrons. The van der Waals surface area contributed by atoms with Gasteiger partial charge in [-0.15, -0.1) is 0 Å². The third-order valence-electron chi connectivity index (χ3n) is 4.00. The van der Waals surface area contributed by atoms with Gasteiger partial charge in [-0.3, -0.25) is 0 Å². The summed E-state index contributed by atoms with van der Waals surface area (Å²) in [6.07, 6.45) is 2.60. The Bertz CT molecular complexity index is 568. The van der Waals surface area contributed by atoms with Crippen LogP contribution in [0, 0.1) is 29.3 Å². The third-order valence-corrected chi connectivity index (χ3v) is 4.00. The van der Waals surface area contributed by atoms with Gasteiger partial charge < -0.3 is 18.9 Å². The maximum absolute atomic E-state index is 13.3. The molecule has 7 heteroatoms. The fourth-order valence-electron chi connectivity index (χ4n) is 2.77. The number of halogens is 3. The van der Waals surface area contributed by atoms with E-state index in [9.17, 15) is 13.2 Å². The molecule has 24 heavy (non-hydrogen) atoms. The topological polar surface area (TPSA) is 36.9 Å². The highest BCUT2D eigenvalue weighted by Crippen LogP contribution is 2.30. The van der Waals surface area contributed by atoms with Crippen LogP contribution in [0.15, 0.2) is 24.3 Å². The molecular formula is C17H19F3O4. The SMILES string of the molecule is CC=CC1COC(C2COC(c3cc(F)c(F)c(F)c3)OC2)OC1. The van der Waals surface area contributed by atoms with E-state index in [1.54, 1.807) is 0 Å². The molecule has 2 aliphatic rings. The van der Waals surface area contributed by atoms with Crippen LogP contribution in [0.5, 0.6) is 0 Å². The molecule has 1 aromatic carbocycles. The summed E-state index contributed by atoms with van der Waals surface area (Å²) in [7, 11) is 0. The molecule has 0 aliphatic carbocycles. The predicted molar refractivity (Wildman–Crippen MR) is 78.4 cm³/mol. The maximum Gasteiger partial charge on any atom is 0.194 e. The van der Waals surface area contributed by atoms with Crippen LogP contribution in [0.1, 0.15) is 18.8 Å². The number of rotatable bonds is 3. The van der Waals surface area contributed by atoms with Gasteiger partial charge in [-0.05, 0) is 19.1 Å². The van der Waals surface area contributed by atoms with E-state index >= 15 is 0 Å². The first-order valence-corrected chi connectivity index (χ1v) is 7.82. The highest BCUT2D eigenvalue weighted by atomic mass is 19.2. The van der Waals surface area contributed by atoms with Gasteiger partial charge in [0.05, 0.1) is 32.3 Å². The minimum absolute atomic E-state index is 0.100. The molecule has 0 unspecified atom stereocenters. The predicted octanol–water partition coefficient (Wildman–Crippen LogP) is 3.33. The van der Waals surface area contributed by atoms with Crippen molar-refractivity contribution in [1.82, 2.24) is 0 Å². The maximum atomic E-state index is 13.3. The highest BCUT2D eigenvalue weighted by molar-refractivity contribution is 5.20. The summed E-state index contributed by atoms with van der Waals surface area (Å²) < 4.78 is 61.9. The van der Waals surface area contributed by atoms with E-state index in [2.05, 4.69) is 0 Å². The molecule has 0 saturated carbocycles. The zero-order valence-electron chi connectivity index (χ0n) is 13.2. The van der Waals surface area contributed by atoms with Crippen molar-refractivity contribution < 1.29 is 32.1 Å².